The molecule has 0 spiro atoms. The Kier molecular flexibility index (Phi) is 7.32. The Bertz CT molecular complexity index is 1290. The van der Waals surface area contributed by atoms with Gasteiger partial charge in [-0.25, -0.2) is 4.98 Å². The molecular formula is C25H22ClN3O3S. The van der Waals surface area contributed by atoms with Gasteiger partial charge in [0.2, 0.25) is 0 Å². The van der Waals surface area contributed by atoms with Gasteiger partial charge < -0.3 is 14.6 Å². The van der Waals surface area contributed by atoms with Crippen molar-refractivity contribution in [2.45, 2.75) is 18.6 Å². The summed E-state index contributed by atoms with van der Waals surface area (Å²) in [6.45, 7) is 2.19. The molecule has 0 aliphatic rings. The van der Waals surface area contributed by atoms with E-state index >= 15 is 0 Å². The highest BCUT2D eigenvalue weighted by atomic mass is 35.5. The van der Waals surface area contributed by atoms with Crippen molar-refractivity contribution >= 4 is 52.0 Å². The summed E-state index contributed by atoms with van der Waals surface area (Å²) in [6, 6.07) is 22.9. The molecule has 1 heterocycles. The van der Waals surface area contributed by atoms with Crippen LogP contribution in [-0.4, -0.2) is 33.8 Å². The molecule has 0 fully saturated rings. The molecule has 33 heavy (non-hydrogen) atoms. The van der Waals surface area contributed by atoms with E-state index in [1.165, 1.54) is 11.8 Å². The van der Waals surface area contributed by atoms with E-state index in [-0.39, 0.29) is 18.3 Å². The summed E-state index contributed by atoms with van der Waals surface area (Å²) in [4.78, 5) is 29.0. The molecule has 0 aliphatic heterocycles. The minimum atomic E-state index is -0.482. The third-order valence-corrected chi connectivity index (χ3v) is 6.06. The Balaban J connectivity index is 1.37. The van der Waals surface area contributed by atoms with Crippen molar-refractivity contribution in [2.24, 2.45) is 0 Å². The second-order valence-electron chi connectivity index (χ2n) is 7.46. The summed E-state index contributed by atoms with van der Waals surface area (Å²) < 4.78 is 7.21. The molecule has 0 aliphatic carbocycles. The zero-order chi connectivity index (χ0) is 23.2. The number of anilines is 1. The molecule has 0 bridgehead atoms. The van der Waals surface area contributed by atoms with Gasteiger partial charge in [0.15, 0.2) is 11.8 Å². The molecule has 168 valence electrons. The predicted octanol–water partition coefficient (Wildman–Crippen LogP) is 5.32. The topological polar surface area (TPSA) is 73.2 Å². The normalized spacial score (nSPS) is 10.8. The van der Waals surface area contributed by atoms with Gasteiger partial charge >= 0.3 is 5.97 Å². The van der Waals surface area contributed by atoms with Gasteiger partial charge in [-0.1, -0.05) is 59.8 Å². The highest BCUT2D eigenvalue weighted by Crippen LogP contribution is 2.25. The summed E-state index contributed by atoms with van der Waals surface area (Å²) in [5.74, 6) is -0.819. The largest absolute Gasteiger partial charge is 0.455 e. The van der Waals surface area contributed by atoms with Crippen LogP contribution in [0.3, 0.4) is 0 Å². The zero-order valence-corrected chi connectivity index (χ0v) is 19.5. The van der Waals surface area contributed by atoms with Crippen molar-refractivity contribution in [3.63, 3.8) is 0 Å². The first-order valence-corrected chi connectivity index (χ1v) is 11.7. The fourth-order valence-electron chi connectivity index (χ4n) is 3.32. The summed E-state index contributed by atoms with van der Waals surface area (Å²) in [5, 5.41) is 4.10. The Labute approximate surface area is 200 Å². The number of nitrogens with zero attached hydrogens (tertiary/aromatic N) is 2. The van der Waals surface area contributed by atoms with Crippen LogP contribution in [0.25, 0.3) is 11.0 Å². The number of amides is 1. The highest BCUT2D eigenvalue weighted by molar-refractivity contribution is 7.99. The summed E-state index contributed by atoms with van der Waals surface area (Å²) in [5.41, 5.74) is 4.59. The number of imidazole rings is 1. The smallest absolute Gasteiger partial charge is 0.316 e. The summed E-state index contributed by atoms with van der Waals surface area (Å²) in [6.07, 6.45) is 0. The van der Waals surface area contributed by atoms with Crippen LogP contribution in [0.2, 0.25) is 5.02 Å². The number of hydrogen-bond donors (Lipinski definition) is 1. The Morgan fingerprint density at radius 1 is 1.06 bits per heavy atom. The number of esters is 1. The molecule has 0 radical (unpaired) electrons. The van der Waals surface area contributed by atoms with Crippen LogP contribution >= 0.6 is 23.4 Å². The van der Waals surface area contributed by atoms with Gasteiger partial charge in [0.25, 0.3) is 5.91 Å². The molecule has 1 aromatic heterocycles. The lowest BCUT2D eigenvalue weighted by Gasteiger charge is -2.10. The van der Waals surface area contributed by atoms with Crippen LogP contribution in [-0.2, 0) is 20.9 Å². The quantitative estimate of drug-likeness (QED) is 0.273. The van der Waals surface area contributed by atoms with E-state index in [2.05, 4.69) is 14.9 Å². The van der Waals surface area contributed by atoms with Crippen LogP contribution in [0.15, 0.2) is 78.0 Å². The number of aromatic nitrogens is 2. The average molecular weight is 480 g/mol. The summed E-state index contributed by atoms with van der Waals surface area (Å²) >= 11 is 7.29. The molecule has 1 N–H and O–H groups in total. The number of carbonyl (C=O) groups excluding carboxylic acids is 2. The lowest BCUT2D eigenvalue weighted by molar-refractivity contribution is -0.144. The number of fused-ring (bicyclic) bond motifs is 1. The van der Waals surface area contributed by atoms with Crippen molar-refractivity contribution in [1.29, 1.82) is 0 Å². The Hall–Kier alpha value is -3.29. The minimum Gasteiger partial charge on any atom is -0.455 e. The maximum Gasteiger partial charge on any atom is 0.316 e. The fourth-order valence-corrected chi connectivity index (χ4v) is 4.26. The van der Waals surface area contributed by atoms with Crippen LogP contribution in [0.1, 0.15) is 11.1 Å². The number of carbonyl (C=O) groups is 2. The van der Waals surface area contributed by atoms with E-state index in [4.69, 9.17) is 16.3 Å². The third-order valence-electron chi connectivity index (χ3n) is 4.86. The maximum atomic E-state index is 12.3. The molecule has 1 amide bonds. The molecule has 0 saturated heterocycles. The van der Waals surface area contributed by atoms with Gasteiger partial charge in [-0.05, 0) is 54.4 Å². The van der Waals surface area contributed by atoms with Gasteiger partial charge in [-0.2, -0.15) is 0 Å². The number of hydrogen-bond acceptors (Lipinski definition) is 5. The molecule has 4 rings (SSSR count). The number of nitrogens with one attached hydrogen (secondary N) is 1. The number of thioether (sulfide) groups is 1. The van der Waals surface area contributed by atoms with E-state index in [1.807, 2.05) is 73.7 Å². The van der Waals surface area contributed by atoms with Crippen LogP contribution in [0, 0.1) is 6.92 Å². The zero-order valence-electron chi connectivity index (χ0n) is 18.0. The number of ether oxygens (including phenoxy) is 1. The molecule has 4 aromatic rings. The SMILES string of the molecule is Cc1cccc(NC(=O)COC(=O)CSc2nc3ccccc3n2Cc2ccc(Cl)cc2)c1. The van der Waals surface area contributed by atoms with Gasteiger partial charge in [-0.3, -0.25) is 9.59 Å². The third kappa shape index (κ3) is 6.15. The van der Waals surface area contributed by atoms with E-state index in [0.717, 1.165) is 22.2 Å². The van der Waals surface area contributed by atoms with Gasteiger partial charge in [0, 0.05) is 10.7 Å². The van der Waals surface area contributed by atoms with Crippen molar-refractivity contribution in [2.75, 3.05) is 17.7 Å². The van der Waals surface area contributed by atoms with E-state index in [1.54, 1.807) is 6.07 Å². The fraction of sp³-hybridized carbons (Fsp3) is 0.160. The Morgan fingerprint density at radius 2 is 1.85 bits per heavy atom. The molecule has 8 heteroatoms. The predicted molar refractivity (Wildman–Crippen MR) is 132 cm³/mol. The first-order chi connectivity index (χ1) is 16.0. The number of benzene rings is 3. The standard InChI is InChI=1S/C25H22ClN3O3S/c1-17-5-4-6-20(13-17)27-23(30)15-32-24(31)16-33-25-28-21-7-2-3-8-22(21)29(25)14-18-9-11-19(26)12-10-18/h2-13H,14-16H2,1H3,(H,27,30). The van der Waals surface area contributed by atoms with Crippen LogP contribution < -0.4 is 5.32 Å². The first kappa shape index (κ1) is 22.9. The minimum absolute atomic E-state index is 0.0433. The van der Waals surface area contributed by atoms with E-state index in [0.29, 0.717) is 22.4 Å². The second kappa shape index (κ2) is 10.6. The van der Waals surface area contributed by atoms with Crippen molar-refractivity contribution < 1.29 is 14.3 Å². The van der Waals surface area contributed by atoms with Crippen molar-refractivity contribution in [3.05, 3.63) is 88.9 Å². The second-order valence-corrected chi connectivity index (χ2v) is 8.84. The van der Waals surface area contributed by atoms with Crippen LogP contribution in [0.4, 0.5) is 5.69 Å². The van der Waals surface area contributed by atoms with Gasteiger partial charge in [-0.15, -0.1) is 0 Å². The Morgan fingerprint density at radius 3 is 2.64 bits per heavy atom. The summed E-state index contributed by atoms with van der Waals surface area (Å²) in [7, 11) is 0. The molecule has 0 unspecified atom stereocenters. The van der Waals surface area contributed by atoms with Crippen molar-refractivity contribution in [1.82, 2.24) is 9.55 Å². The maximum absolute atomic E-state index is 12.3. The number of aryl methyl sites for hydroxylation is 1. The van der Waals surface area contributed by atoms with Crippen molar-refractivity contribution in [3.8, 4) is 0 Å². The highest BCUT2D eigenvalue weighted by Gasteiger charge is 2.15. The van der Waals surface area contributed by atoms with Crippen LogP contribution in [0.5, 0.6) is 0 Å². The molecule has 6 nitrogen and oxygen atoms in total. The van der Waals surface area contributed by atoms with E-state index < -0.39 is 5.97 Å². The van der Waals surface area contributed by atoms with Gasteiger partial charge in [0.05, 0.1) is 23.3 Å². The van der Waals surface area contributed by atoms with Gasteiger partial charge in [0.1, 0.15) is 0 Å². The number of rotatable bonds is 8. The first-order valence-electron chi connectivity index (χ1n) is 10.3. The molecular weight excluding hydrogens is 458 g/mol. The monoisotopic (exact) mass is 479 g/mol. The number of halogens is 1. The molecule has 0 saturated carbocycles. The number of para-hydroxylation sites is 2. The van der Waals surface area contributed by atoms with E-state index in [9.17, 15) is 9.59 Å². The average Bonchev–Trinajstić information content (AvgIpc) is 3.15. The molecule has 0 atom stereocenters. The lowest BCUT2D eigenvalue weighted by atomic mass is 10.2. The molecule has 3 aromatic carbocycles. The lowest BCUT2D eigenvalue weighted by Crippen LogP contribution is -2.21.